The van der Waals surface area contributed by atoms with Crippen LogP contribution in [0.5, 0.6) is 0 Å². The number of hydrogen-bond donors (Lipinski definition) is 3. The van der Waals surface area contributed by atoms with Gasteiger partial charge in [-0.3, -0.25) is 0 Å². The number of anilines is 1. The van der Waals surface area contributed by atoms with Gasteiger partial charge in [-0.25, -0.2) is 4.79 Å². The summed E-state index contributed by atoms with van der Waals surface area (Å²) in [5, 5.41) is 19.4. The SMILES string of the molecule is O=C(NCC(O)c1ccsc1)Nc1cccc2c1CCCC2. The van der Waals surface area contributed by atoms with Crippen molar-refractivity contribution in [2.24, 2.45) is 0 Å². The molecule has 1 aromatic heterocycles. The fourth-order valence-corrected chi connectivity index (χ4v) is 3.54. The Morgan fingerprint density at radius 1 is 1.27 bits per heavy atom. The van der Waals surface area contributed by atoms with E-state index in [9.17, 15) is 9.90 Å². The molecule has 1 atom stereocenters. The first-order valence-corrected chi connectivity index (χ1v) is 8.54. The van der Waals surface area contributed by atoms with E-state index in [0.717, 1.165) is 24.1 Å². The number of aryl methyl sites for hydroxylation is 1. The van der Waals surface area contributed by atoms with Crippen molar-refractivity contribution in [3.05, 3.63) is 51.7 Å². The van der Waals surface area contributed by atoms with E-state index < -0.39 is 6.10 Å². The Hall–Kier alpha value is -1.85. The second kappa shape index (κ2) is 6.94. The molecule has 2 aromatic rings. The third-order valence-electron chi connectivity index (χ3n) is 4.03. The van der Waals surface area contributed by atoms with Crippen LogP contribution in [0.15, 0.2) is 35.0 Å². The van der Waals surface area contributed by atoms with Crippen molar-refractivity contribution in [3.8, 4) is 0 Å². The fourth-order valence-electron chi connectivity index (χ4n) is 2.84. The van der Waals surface area contributed by atoms with Gasteiger partial charge >= 0.3 is 6.03 Å². The van der Waals surface area contributed by atoms with Crippen LogP contribution in [0, 0.1) is 0 Å². The van der Waals surface area contributed by atoms with Crippen molar-refractivity contribution in [2.75, 3.05) is 11.9 Å². The fraction of sp³-hybridized carbons (Fsp3) is 0.353. The van der Waals surface area contributed by atoms with Crippen molar-refractivity contribution in [2.45, 2.75) is 31.8 Å². The lowest BCUT2D eigenvalue weighted by atomic mass is 9.90. The van der Waals surface area contributed by atoms with Gasteiger partial charge in [-0.2, -0.15) is 11.3 Å². The first kappa shape index (κ1) is 15.1. The number of benzene rings is 1. The molecule has 0 saturated carbocycles. The molecular formula is C17H20N2O2S. The third-order valence-corrected chi connectivity index (χ3v) is 4.73. The third kappa shape index (κ3) is 3.48. The van der Waals surface area contributed by atoms with Gasteiger partial charge in [0.25, 0.3) is 0 Å². The number of rotatable bonds is 4. The molecule has 1 unspecified atom stereocenters. The lowest BCUT2D eigenvalue weighted by molar-refractivity contribution is 0.175. The molecule has 0 radical (unpaired) electrons. The van der Waals surface area contributed by atoms with Gasteiger partial charge < -0.3 is 15.7 Å². The number of nitrogens with one attached hydrogen (secondary N) is 2. The van der Waals surface area contributed by atoms with Gasteiger partial charge in [0.05, 0.1) is 6.10 Å². The molecule has 0 fully saturated rings. The zero-order chi connectivity index (χ0) is 15.4. The van der Waals surface area contributed by atoms with Crippen LogP contribution in [-0.4, -0.2) is 17.7 Å². The topological polar surface area (TPSA) is 61.4 Å². The summed E-state index contributed by atoms with van der Waals surface area (Å²) < 4.78 is 0. The molecule has 1 aliphatic rings. The molecule has 22 heavy (non-hydrogen) atoms. The minimum Gasteiger partial charge on any atom is -0.387 e. The van der Waals surface area contributed by atoms with Crippen LogP contribution in [0.2, 0.25) is 0 Å². The maximum atomic E-state index is 12.0. The van der Waals surface area contributed by atoms with Gasteiger partial charge in [0.2, 0.25) is 0 Å². The number of carbonyl (C=O) groups excluding carboxylic acids is 1. The monoisotopic (exact) mass is 316 g/mol. The summed E-state index contributed by atoms with van der Waals surface area (Å²) in [6, 6.07) is 7.66. The normalized spacial score (nSPS) is 15.0. The Labute approximate surface area is 134 Å². The summed E-state index contributed by atoms with van der Waals surface area (Å²) in [7, 11) is 0. The molecule has 0 saturated heterocycles. The van der Waals surface area contributed by atoms with Gasteiger partial charge in [0.1, 0.15) is 0 Å². The number of fused-ring (bicyclic) bond motifs is 1. The minimum atomic E-state index is -0.665. The highest BCUT2D eigenvalue weighted by Gasteiger charge is 2.15. The van der Waals surface area contributed by atoms with E-state index >= 15 is 0 Å². The number of hydrogen-bond acceptors (Lipinski definition) is 3. The maximum absolute atomic E-state index is 12.0. The smallest absolute Gasteiger partial charge is 0.319 e. The molecule has 1 heterocycles. The zero-order valence-electron chi connectivity index (χ0n) is 12.3. The largest absolute Gasteiger partial charge is 0.387 e. The van der Waals surface area contributed by atoms with Gasteiger partial charge in [-0.15, -0.1) is 0 Å². The highest BCUT2D eigenvalue weighted by Crippen LogP contribution is 2.27. The molecule has 5 heteroatoms. The predicted molar refractivity (Wildman–Crippen MR) is 89.4 cm³/mol. The van der Waals surface area contributed by atoms with Crippen LogP contribution < -0.4 is 10.6 Å². The molecule has 4 nitrogen and oxygen atoms in total. The Kier molecular flexibility index (Phi) is 4.75. The Bertz CT molecular complexity index is 640. The van der Waals surface area contributed by atoms with Crippen molar-refractivity contribution < 1.29 is 9.90 Å². The van der Waals surface area contributed by atoms with Crippen LogP contribution in [-0.2, 0) is 12.8 Å². The highest BCUT2D eigenvalue weighted by atomic mass is 32.1. The van der Waals surface area contributed by atoms with Crippen LogP contribution in [0.4, 0.5) is 10.5 Å². The molecule has 1 aliphatic carbocycles. The number of aliphatic hydroxyl groups is 1. The summed E-state index contributed by atoms with van der Waals surface area (Å²) in [6.45, 7) is 0.206. The van der Waals surface area contributed by atoms with Crippen LogP contribution in [0.1, 0.15) is 35.6 Å². The van der Waals surface area contributed by atoms with Gasteiger partial charge in [0, 0.05) is 12.2 Å². The van der Waals surface area contributed by atoms with Gasteiger partial charge in [-0.05, 0) is 65.3 Å². The minimum absolute atomic E-state index is 0.206. The molecule has 0 bridgehead atoms. The number of thiophene rings is 1. The standard InChI is InChI=1S/C17H20N2O2S/c20-16(13-8-9-22-11-13)10-18-17(21)19-15-7-3-5-12-4-1-2-6-14(12)15/h3,5,7-9,11,16,20H,1-2,4,6,10H2,(H2,18,19,21). The van der Waals surface area contributed by atoms with Crippen LogP contribution in [0.3, 0.4) is 0 Å². The number of urea groups is 1. The average Bonchev–Trinajstić information content (AvgIpc) is 3.07. The van der Waals surface area contributed by atoms with Gasteiger partial charge in [-0.1, -0.05) is 12.1 Å². The molecule has 0 spiro atoms. The first-order valence-electron chi connectivity index (χ1n) is 7.60. The Morgan fingerprint density at radius 3 is 2.95 bits per heavy atom. The zero-order valence-corrected chi connectivity index (χ0v) is 13.2. The molecule has 3 rings (SSSR count). The quantitative estimate of drug-likeness (QED) is 0.808. The molecule has 3 N–H and O–H groups in total. The summed E-state index contributed by atoms with van der Waals surface area (Å²) >= 11 is 1.53. The molecule has 1 aromatic carbocycles. The average molecular weight is 316 g/mol. The van der Waals surface area contributed by atoms with Crippen molar-refractivity contribution in [1.29, 1.82) is 0 Å². The second-order valence-corrected chi connectivity index (χ2v) is 6.34. The van der Waals surface area contributed by atoms with Crippen LogP contribution >= 0.6 is 11.3 Å². The van der Waals surface area contributed by atoms with Crippen LogP contribution in [0.25, 0.3) is 0 Å². The highest BCUT2D eigenvalue weighted by molar-refractivity contribution is 7.07. The number of carbonyl (C=O) groups is 1. The van der Waals surface area contributed by atoms with Crippen molar-refractivity contribution >= 4 is 23.1 Å². The number of amides is 2. The molecule has 116 valence electrons. The van der Waals surface area contributed by atoms with Gasteiger partial charge in [0.15, 0.2) is 0 Å². The predicted octanol–water partition coefficient (Wildman–Crippen LogP) is 3.48. The van der Waals surface area contributed by atoms with E-state index in [1.807, 2.05) is 29.0 Å². The van der Waals surface area contributed by atoms with E-state index in [1.165, 1.54) is 35.3 Å². The molecular weight excluding hydrogens is 296 g/mol. The Morgan fingerprint density at radius 2 is 2.14 bits per heavy atom. The van der Waals surface area contributed by atoms with Crippen molar-refractivity contribution in [1.82, 2.24) is 5.32 Å². The lowest BCUT2D eigenvalue weighted by Crippen LogP contribution is -2.32. The Balaban J connectivity index is 1.58. The first-order chi connectivity index (χ1) is 10.7. The summed E-state index contributed by atoms with van der Waals surface area (Å²) in [5.74, 6) is 0. The van der Waals surface area contributed by atoms with Crippen molar-refractivity contribution in [3.63, 3.8) is 0 Å². The summed E-state index contributed by atoms with van der Waals surface area (Å²) in [5.41, 5.74) is 4.31. The van der Waals surface area contributed by atoms with E-state index in [1.54, 1.807) is 0 Å². The van der Waals surface area contributed by atoms with E-state index in [4.69, 9.17) is 0 Å². The van der Waals surface area contributed by atoms with E-state index in [0.29, 0.717) is 0 Å². The number of aliphatic hydroxyl groups excluding tert-OH is 1. The maximum Gasteiger partial charge on any atom is 0.319 e. The summed E-state index contributed by atoms with van der Waals surface area (Å²) in [4.78, 5) is 12.0. The van der Waals surface area contributed by atoms with E-state index in [-0.39, 0.29) is 12.6 Å². The second-order valence-electron chi connectivity index (χ2n) is 5.56. The lowest BCUT2D eigenvalue weighted by Gasteiger charge is -2.20. The summed E-state index contributed by atoms with van der Waals surface area (Å²) in [6.07, 6.45) is 3.83. The molecule has 2 amide bonds. The van der Waals surface area contributed by atoms with E-state index in [2.05, 4.69) is 16.7 Å². The molecule has 0 aliphatic heterocycles.